The number of hydrogen-bond acceptors (Lipinski definition) is 2. The Kier molecular flexibility index (Phi) is 10.1. The molecule has 0 bridgehead atoms. The lowest BCUT2D eigenvalue weighted by Crippen LogP contribution is -2.46. The number of halogens is 2. The van der Waals surface area contributed by atoms with Gasteiger partial charge < -0.3 is 15.0 Å². The van der Waals surface area contributed by atoms with Gasteiger partial charge in [-0.1, -0.05) is 6.92 Å². The van der Waals surface area contributed by atoms with Crippen LogP contribution in [-0.4, -0.2) is 44.1 Å². The zero-order valence-corrected chi connectivity index (χ0v) is 17.0. The number of aliphatic imine (C=N–C) groups is 1. The molecule has 4 nitrogen and oxygen atoms in total. The standard InChI is InChI=1S/C18H28FN3O.HI/c1-15-6-5-12-22(14-15)18(20-2)21-11-3-4-13-23-17-9-7-16(19)8-10-17;/h7-10,15H,3-6,11-14H2,1-2H3,(H,20,21);1H. The highest BCUT2D eigenvalue weighted by atomic mass is 127. The second kappa shape index (κ2) is 11.5. The molecule has 1 fully saturated rings. The Balaban J connectivity index is 0.00000288. The van der Waals surface area contributed by atoms with E-state index >= 15 is 0 Å². The van der Waals surface area contributed by atoms with Gasteiger partial charge in [0.1, 0.15) is 11.6 Å². The number of ether oxygens (including phenoxy) is 1. The van der Waals surface area contributed by atoms with E-state index in [1.54, 1.807) is 12.1 Å². The van der Waals surface area contributed by atoms with Gasteiger partial charge >= 0.3 is 0 Å². The van der Waals surface area contributed by atoms with Gasteiger partial charge in [0.2, 0.25) is 0 Å². The molecule has 24 heavy (non-hydrogen) atoms. The number of piperidine rings is 1. The van der Waals surface area contributed by atoms with Crippen LogP contribution in [0.3, 0.4) is 0 Å². The van der Waals surface area contributed by atoms with Crippen molar-refractivity contribution in [2.45, 2.75) is 32.6 Å². The van der Waals surface area contributed by atoms with Crippen LogP contribution < -0.4 is 10.1 Å². The van der Waals surface area contributed by atoms with E-state index in [0.717, 1.165) is 50.1 Å². The van der Waals surface area contributed by atoms with Crippen LogP contribution in [0.2, 0.25) is 0 Å². The third kappa shape index (κ3) is 7.23. The highest BCUT2D eigenvalue weighted by molar-refractivity contribution is 14.0. The molecule has 0 spiro atoms. The molecule has 1 aromatic carbocycles. The molecular formula is C18H29FIN3O. The molecule has 0 radical (unpaired) electrons. The molecular weight excluding hydrogens is 420 g/mol. The number of likely N-dealkylation sites (tertiary alicyclic amines) is 1. The van der Waals surface area contributed by atoms with Gasteiger partial charge in [0.25, 0.3) is 0 Å². The van der Waals surface area contributed by atoms with Crippen LogP contribution in [0, 0.1) is 11.7 Å². The first kappa shape index (κ1) is 21.0. The smallest absolute Gasteiger partial charge is 0.193 e. The van der Waals surface area contributed by atoms with E-state index in [9.17, 15) is 4.39 Å². The number of benzene rings is 1. The summed E-state index contributed by atoms with van der Waals surface area (Å²) in [6.45, 7) is 6.02. The third-order valence-electron chi connectivity index (χ3n) is 4.10. The predicted molar refractivity (Wildman–Crippen MR) is 108 cm³/mol. The van der Waals surface area contributed by atoms with Gasteiger partial charge in [-0.2, -0.15) is 0 Å². The summed E-state index contributed by atoms with van der Waals surface area (Å²) >= 11 is 0. The Hall–Kier alpha value is -1.05. The Morgan fingerprint density at radius 2 is 2.08 bits per heavy atom. The molecule has 1 saturated heterocycles. The summed E-state index contributed by atoms with van der Waals surface area (Å²) in [6.07, 6.45) is 4.53. The van der Waals surface area contributed by atoms with Crippen molar-refractivity contribution in [1.82, 2.24) is 10.2 Å². The van der Waals surface area contributed by atoms with Gasteiger partial charge in [0.15, 0.2) is 5.96 Å². The van der Waals surface area contributed by atoms with E-state index in [0.29, 0.717) is 6.61 Å². The molecule has 1 N–H and O–H groups in total. The van der Waals surface area contributed by atoms with Gasteiger partial charge in [-0.15, -0.1) is 24.0 Å². The Bertz CT molecular complexity index is 496. The van der Waals surface area contributed by atoms with E-state index < -0.39 is 0 Å². The second-order valence-electron chi connectivity index (χ2n) is 6.18. The number of unbranched alkanes of at least 4 members (excludes halogenated alkanes) is 1. The van der Waals surface area contributed by atoms with Crippen molar-refractivity contribution < 1.29 is 9.13 Å². The Morgan fingerprint density at radius 3 is 2.75 bits per heavy atom. The van der Waals surface area contributed by atoms with Gasteiger partial charge in [-0.05, 0) is 55.9 Å². The van der Waals surface area contributed by atoms with Crippen molar-refractivity contribution in [3.63, 3.8) is 0 Å². The molecule has 6 heteroatoms. The van der Waals surface area contributed by atoms with E-state index in [4.69, 9.17) is 4.74 Å². The van der Waals surface area contributed by atoms with Crippen molar-refractivity contribution in [1.29, 1.82) is 0 Å². The molecule has 1 unspecified atom stereocenters. The number of nitrogens with zero attached hydrogens (tertiary/aromatic N) is 2. The molecule has 2 rings (SSSR count). The average Bonchev–Trinajstić information content (AvgIpc) is 2.56. The molecule has 0 aliphatic carbocycles. The van der Waals surface area contributed by atoms with Crippen LogP contribution in [0.4, 0.5) is 4.39 Å². The molecule has 0 saturated carbocycles. The molecule has 0 aromatic heterocycles. The maximum absolute atomic E-state index is 12.8. The fourth-order valence-corrected chi connectivity index (χ4v) is 2.86. The SMILES string of the molecule is CN=C(NCCCCOc1ccc(F)cc1)N1CCCC(C)C1.I. The van der Waals surface area contributed by atoms with Crippen LogP contribution in [-0.2, 0) is 0 Å². The van der Waals surface area contributed by atoms with E-state index in [1.807, 2.05) is 7.05 Å². The number of rotatable bonds is 6. The van der Waals surface area contributed by atoms with Crippen LogP contribution in [0.15, 0.2) is 29.3 Å². The molecule has 1 aliphatic rings. The fourth-order valence-electron chi connectivity index (χ4n) is 2.86. The number of nitrogens with one attached hydrogen (secondary N) is 1. The van der Waals surface area contributed by atoms with Crippen molar-refractivity contribution >= 4 is 29.9 Å². The largest absolute Gasteiger partial charge is 0.494 e. The van der Waals surface area contributed by atoms with Crippen LogP contribution >= 0.6 is 24.0 Å². The molecule has 1 aliphatic heterocycles. The Morgan fingerprint density at radius 1 is 1.33 bits per heavy atom. The first-order chi connectivity index (χ1) is 11.2. The summed E-state index contributed by atoms with van der Waals surface area (Å²) in [5.41, 5.74) is 0. The van der Waals surface area contributed by atoms with E-state index in [2.05, 4.69) is 22.1 Å². The number of guanidine groups is 1. The Labute approximate surface area is 161 Å². The maximum atomic E-state index is 12.8. The van der Waals surface area contributed by atoms with Crippen molar-refractivity contribution in [2.24, 2.45) is 10.9 Å². The first-order valence-corrected chi connectivity index (χ1v) is 8.53. The average molecular weight is 449 g/mol. The van der Waals surface area contributed by atoms with Gasteiger partial charge in [0, 0.05) is 26.7 Å². The molecule has 0 amide bonds. The van der Waals surface area contributed by atoms with Crippen LogP contribution in [0.5, 0.6) is 5.75 Å². The summed E-state index contributed by atoms with van der Waals surface area (Å²) in [5.74, 6) is 2.24. The lowest BCUT2D eigenvalue weighted by atomic mass is 10.0. The summed E-state index contributed by atoms with van der Waals surface area (Å²) < 4.78 is 18.4. The highest BCUT2D eigenvalue weighted by Crippen LogP contribution is 2.15. The van der Waals surface area contributed by atoms with Crippen molar-refractivity contribution in [3.8, 4) is 5.75 Å². The molecule has 1 aromatic rings. The van der Waals surface area contributed by atoms with Crippen molar-refractivity contribution in [2.75, 3.05) is 33.3 Å². The predicted octanol–water partition coefficient (Wildman–Crippen LogP) is 3.91. The first-order valence-electron chi connectivity index (χ1n) is 8.53. The maximum Gasteiger partial charge on any atom is 0.193 e. The van der Waals surface area contributed by atoms with E-state index in [-0.39, 0.29) is 29.8 Å². The minimum atomic E-state index is -0.236. The minimum Gasteiger partial charge on any atom is -0.494 e. The monoisotopic (exact) mass is 449 g/mol. The summed E-state index contributed by atoms with van der Waals surface area (Å²) in [6, 6.07) is 6.15. The second-order valence-corrected chi connectivity index (χ2v) is 6.18. The summed E-state index contributed by atoms with van der Waals surface area (Å²) in [7, 11) is 1.85. The zero-order chi connectivity index (χ0) is 16.5. The quantitative estimate of drug-likeness (QED) is 0.310. The molecule has 1 atom stereocenters. The topological polar surface area (TPSA) is 36.9 Å². The lowest BCUT2D eigenvalue weighted by Gasteiger charge is -2.33. The van der Waals surface area contributed by atoms with Gasteiger partial charge in [-0.3, -0.25) is 4.99 Å². The molecule has 136 valence electrons. The minimum absolute atomic E-state index is 0. The third-order valence-corrected chi connectivity index (χ3v) is 4.10. The summed E-state index contributed by atoms with van der Waals surface area (Å²) in [5, 5.41) is 3.44. The number of hydrogen-bond donors (Lipinski definition) is 1. The van der Waals surface area contributed by atoms with Crippen molar-refractivity contribution in [3.05, 3.63) is 30.1 Å². The van der Waals surface area contributed by atoms with Gasteiger partial charge in [0.05, 0.1) is 6.61 Å². The highest BCUT2D eigenvalue weighted by Gasteiger charge is 2.18. The van der Waals surface area contributed by atoms with E-state index in [1.165, 1.54) is 25.0 Å². The zero-order valence-electron chi connectivity index (χ0n) is 14.6. The molecule has 1 heterocycles. The fraction of sp³-hybridized carbons (Fsp3) is 0.611. The van der Waals surface area contributed by atoms with Gasteiger partial charge in [-0.25, -0.2) is 4.39 Å². The summed E-state index contributed by atoms with van der Waals surface area (Å²) in [4.78, 5) is 6.73. The van der Waals surface area contributed by atoms with Crippen LogP contribution in [0.1, 0.15) is 32.6 Å². The lowest BCUT2D eigenvalue weighted by molar-refractivity contribution is 0.265. The normalized spacial score (nSPS) is 18.0. The van der Waals surface area contributed by atoms with Crippen LogP contribution in [0.25, 0.3) is 0 Å².